The first-order valence-electron chi connectivity index (χ1n) is 8.90. The van der Waals surface area contributed by atoms with Gasteiger partial charge in [-0.1, -0.05) is 6.07 Å². The molecule has 1 saturated heterocycles. The van der Waals surface area contributed by atoms with Crippen molar-refractivity contribution in [3.63, 3.8) is 0 Å². The third kappa shape index (κ3) is 3.77. The van der Waals surface area contributed by atoms with Crippen molar-refractivity contribution in [3.8, 4) is 0 Å². The summed E-state index contributed by atoms with van der Waals surface area (Å²) < 4.78 is 0. The molecule has 2 aliphatic heterocycles. The van der Waals surface area contributed by atoms with Crippen LogP contribution in [0, 0.1) is 0 Å². The fraction of sp³-hybridized carbons (Fsp3) is 0.444. The van der Waals surface area contributed by atoms with Gasteiger partial charge in [-0.2, -0.15) is 0 Å². The first kappa shape index (κ1) is 18.8. The van der Waals surface area contributed by atoms with Gasteiger partial charge in [-0.05, 0) is 31.4 Å². The summed E-state index contributed by atoms with van der Waals surface area (Å²) in [4.78, 5) is 48.8. The fourth-order valence-corrected chi connectivity index (χ4v) is 3.44. The number of aliphatic hydroxyl groups excluding tert-OH is 1. The van der Waals surface area contributed by atoms with Crippen LogP contribution >= 0.6 is 0 Å². The van der Waals surface area contributed by atoms with E-state index in [9.17, 15) is 24.3 Å². The highest BCUT2D eigenvalue weighted by Crippen LogP contribution is 2.32. The van der Waals surface area contributed by atoms with Crippen molar-refractivity contribution < 1.29 is 24.3 Å². The number of fused-ring (bicyclic) bond motifs is 1. The van der Waals surface area contributed by atoms with E-state index in [-0.39, 0.29) is 35.8 Å². The van der Waals surface area contributed by atoms with Gasteiger partial charge in [-0.25, -0.2) is 0 Å². The average Bonchev–Trinajstić information content (AvgIpc) is 2.87. The number of nitrogens with two attached hydrogens (primary N) is 1. The Balaban J connectivity index is 1.74. The molecule has 1 aromatic carbocycles. The lowest BCUT2D eigenvalue weighted by atomic mass is 10.0. The van der Waals surface area contributed by atoms with Crippen LogP contribution in [0.3, 0.4) is 0 Å². The molecule has 2 aliphatic rings. The number of primary amides is 1. The maximum absolute atomic E-state index is 12.9. The van der Waals surface area contributed by atoms with Gasteiger partial charge in [0.1, 0.15) is 6.23 Å². The van der Waals surface area contributed by atoms with Crippen molar-refractivity contribution in [1.29, 1.82) is 0 Å². The summed E-state index contributed by atoms with van der Waals surface area (Å²) in [6.45, 7) is 0.521. The maximum Gasteiger partial charge on any atom is 0.264 e. The molecule has 1 aromatic rings. The molecule has 5 N–H and O–H groups in total. The molecule has 144 valence electrons. The van der Waals surface area contributed by atoms with E-state index < -0.39 is 24.1 Å². The minimum atomic E-state index is -1.28. The number of rotatable bonds is 7. The van der Waals surface area contributed by atoms with Crippen LogP contribution in [0.25, 0.3) is 0 Å². The predicted octanol–water partition coefficient (Wildman–Crippen LogP) is -0.0529. The van der Waals surface area contributed by atoms with Crippen LogP contribution in [0.15, 0.2) is 18.2 Å². The van der Waals surface area contributed by atoms with Crippen molar-refractivity contribution in [2.75, 3.05) is 11.9 Å². The van der Waals surface area contributed by atoms with Gasteiger partial charge in [-0.3, -0.25) is 24.1 Å². The number of imide groups is 1. The Kier molecular flexibility index (Phi) is 5.41. The van der Waals surface area contributed by atoms with Crippen LogP contribution in [0.2, 0.25) is 0 Å². The smallest absolute Gasteiger partial charge is 0.264 e. The Labute approximate surface area is 155 Å². The van der Waals surface area contributed by atoms with Gasteiger partial charge < -0.3 is 21.5 Å². The lowest BCUT2D eigenvalue weighted by molar-refractivity contribution is -0.129. The number of hydrogen-bond acceptors (Lipinski definition) is 6. The zero-order chi connectivity index (χ0) is 19.6. The van der Waals surface area contributed by atoms with E-state index in [1.807, 2.05) is 0 Å². The van der Waals surface area contributed by atoms with Crippen LogP contribution in [0.1, 0.15) is 52.8 Å². The number of nitrogens with zero attached hydrogens (tertiary/aromatic N) is 1. The van der Waals surface area contributed by atoms with Crippen LogP contribution < -0.4 is 16.4 Å². The highest BCUT2D eigenvalue weighted by molar-refractivity contribution is 6.24. The fourth-order valence-electron chi connectivity index (χ4n) is 3.44. The van der Waals surface area contributed by atoms with E-state index in [4.69, 9.17) is 5.73 Å². The zero-order valence-corrected chi connectivity index (χ0v) is 14.7. The summed E-state index contributed by atoms with van der Waals surface area (Å²) in [5.74, 6) is -1.64. The summed E-state index contributed by atoms with van der Waals surface area (Å²) in [7, 11) is 0. The minimum Gasteiger partial charge on any atom is -0.384 e. The molecule has 1 fully saturated rings. The van der Waals surface area contributed by atoms with Gasteiger partial charge in [-0.15, -0.1) is 0 Å². The average molecular weight is 374 g/mol. The molecule has 9 heteroatoms. The zero-order valence-electron chi connectivity index (χ0n) is 14.7. The van der Waals surface area contributed by atoms with Crippen molar-refractivity contribution >= 4 is 29.3 Å². The first-order chi connectivity index (χ1) is 12.9. The Morgan fingerprint density at radius 3 is 2.74 bits per heavy atom. The molecule has 0 bridgehead atoms. The summed E-state index contributed by atoms with van der Waals surface area (Å²) in [6, 6.07) is 4.17. The van der Waals surface area contributed by atoms with Gasteiger partial charge in [0.2, 0.25) is 11.8 Å². The maximum atomic E-state index is 12.9. The quantitative estimate of drug-likeness (QED) is 0.389. The number of amides is 4. The molecule has 2 atom stereocenters. The predicted molar refractivity (Wildman–Crippen MR) is 95.6 cm³/mol. The van der Waals surface area contributed by atoms with Gasteiger partial charge >= 0.3 is 0 Å². The Morgan fingerprint density at radius 1 is 1.26 bits per heavy atom. The summed E-state index contributed by atoms with van der Waals surface area (Å²) >= 11 is 0. The SMILES string of the molecule is NC(=O)CCCCNc1cccc2c1C(=O)N(C1CCC(=O)NC1O)C2=O. The summed E-state index contributed by atoms with van der Waals surface area (Å²) in [5.41, 5.74) is 6.17. The van der Waals surface area contributed by atoms with Crippen LogP contribution in [-0.2, 0) is 9.59 Å². The summed E-state index contributed by atoms with van der Waals surface area (Å²) in [5, 5.41) is 15.6. The number of benzene rings is 1. The van der Waals surface area contributed by atoms with E-state index in [0.29, 0.717) is 31.5 Å². The monoisotopic (exact) mass is 374 g/mol. The van der Waals surface area contributed by atoms with Crippen molar-refractivity contribution in [2.24, 2.45) is 5.73 Å². The first-order valence-corrected chi connectivity index (χ1v) is 8.90. The van der Waals surface area contributed by atoms with Gasteiger partial charge in [0.05, 0.1) is 17.2 Å². The second-order valence-corrected chi connectivity index (χ2v) is 6.68. The molecular formula is C18H22N4O5. The van der Waals surface area contributed by atoms with E-state index in [2.05, 4.69) is 10.6 Å². The number of carbonyl (C=O) groups excluding carboxylic acids is 4. The van der Waals surface area contributed by atoms with Crippen molar-refractivity contribution in [1.82, 2.24) is 10.2 Å². The molecule has 0 radical (unpaired) electrons. The molecule has 27 heavy (non-hydrogen) atoms. The van der Waals surface area contributed by atoms with Crippen LogP contribution in [0.4, 0.5) is 5.69 Å². The topological polar surface area (TPSA) is 142 Å². The summed E-state index contributed by atoms with van der Waals surface area (Å²) in [6.07, 6.45) is 0.689. The number of unbranched alkanes of at least 4 members (excludes halogenated alkanes) is 1. The second-order valence-electron chi connectivity index (χ2n) is 6.68. The molecule has 9 nitrogen and oxygen atoms in total. The second kappa shape index (κ2) is 7.75. The molecule has 0 saturated carbocycles. The number of hydrogen-bond donors (Lipinski definition) is 4. The van der Waals surface area contributed by atoms with E-state index in [0.717, 1.165) is 4.90 Å². The van der Waals surface area contributed by atoms with Gasteiger partial charge in [0, 0.05) is 25.1 Å². The normalized spacial score (nSPS) is 21.8. The van der Waals surface area contributed by atoms with Gasteiger partial charge in [0.25, 0.3) is 11.8 Å². The van der Waals surface area contributed by atoms with Gasteiger partial charge in [0.15, 0.2) is 0 Å². The molecular weight excluding hydrogens is 352 g/mol. The molecule has 0 spiro atoms. The Morgan fingerprint density at radius 2 is 2.04 bits per heavy atom. The van der Waals surface area contributed by atoms with E-state index in [1.54, 1.807) is 18.2 Å². The number of nitrogens with one attached hydrogen (secondary N) is 2. The lowest BCUT2D eigenvalue weighted by Crippen LogP contribution is -2.57. The minimum absolute atomic E-state index is 0.139. The Bertz CT molecular complexity index is 794. The van der Waals surface area contributed by atoms with E-state index >= 15 is 0 Å². The standard InChI is InChI=1S/C18H22N4O5/c19-13(23)6-1-2-9-20-11-5-3-4-10-15(11)18(27)22(17(10)26)12-7-8-14(24)21-16(12)25/h3-5,12,16,20,25H,1-2,6-9H2,(H2,19,23)(H,21,24). The largest absolute Gasteiger partial charge is 0.384 e. The number of anilines is 1. The Hall–Kier alpha value is -2.94. The molecule has 0 aliphatic carbocycles. The van der Waals surface area contributed by atoms with Crippen molar-refractivity contribution in [2.45, 2.75) is 44.4 Å². The highest BCUT2D eigenvalue weighted by Gasteiger charge is 2.45. The number of carbonyl (C=O) groups is 4. The van der Waals surface area contributed by atoms with E-state index in [1.165, 1.54) is 0 Å². The highest BCUT2D eigenvalue weighted by atomic mass is 16.3. The van der Waals surface area contributed by atoms with Crippen LogP contribution in [0.5, 0.6) is 0 Å². The van der Waals surface area contributed by atoms with Crippen molar-refractivity contribution in [3.05, 3.63) is 29.3 Å². The molecule has 3 rings (SSSR count). The number of piperidine rings is 1. The lowest BCUT2D eigenvalue weighted by Gasteiger charge is -2.33. The molecule has 2 heterocycles. The molecule has 4 amide bonds. The third-order valence-corrected chi connectivity index (χ3v) is 4.78. The number of aliphatic hydroxyl groups is 1. The third-order valence-electron chi connectivity index (χ3n) is 4.78. The molecule has 0 aromatic heterocycles. The van der Waals surface area contributed by atoms with Crippen LogP contribution in [-0.4, -0.2) is 52.4 Å². The molecule has 2 unspecified atom stereocenters.